The van der Waals surface area contributed by atoms with E-state index in [1.54, 1.807) is 7.11 Å². The summed E-state index contributed by atoms with van der Waals surface area (Å²) in [6.07, 6.45) is 31.0. The molecule has 0 fully saturated rings. The smallest absolute Gasteiger partial charge is 0.128 e. The predicted octanol–water partition coefficient (Wildman–Crippen LogP) is 21.4. The number of hydrogen-bond donors (Lipinski definition) is 0. The molecular weight excluding hydrogens is 971 g/mol. The van der Waals surface area contributed by atoms with E-state index in [0.717, 1.165) is 89.7 Å². The van der Waals surface area contributed by atoms with Gasteiger partial charge in [0.15, 0.2) is 0 Å². The molecule has 7 nitrogen and oxygen atoms in total. The second kappa shape index (κ2) is 27.9. The van der Waals surface area contributed by atoms with E-state index in [4.69, 9.17) is 18.9 Å². The van der Waals surface area contributed by atoms with Gasteiger partial charge in [-0.15, -0.1) is 0 Å². The minimum atomic E-state index is 0.853. The van der Waals surface area contributed by atoms with E-state index >= 15 is 0 Å². The Labute approximate surface area is 473 Å². The normalized spacial score (nSPS) is 12.0. The van der Waals surface area contributed by atoms with Gasteiger partial charge in [0.2, 0.25) is 0 Å². The Bertz CT molecular complexity index is 3460. The lowest BCUT2D eigenvalue weighted by Gasteiger charge is -2.15. The Morgan fingerprint density at radius 1 is 0.291 bits per heavy atom. The Balaban J connectivity index is 1.14. The first kappa shape index (κ1) is 57.6. The van der Waals surface area contributed by atoms with Crippen LogP contribution in [0.15, 0.2) is 84.9 Å². The summed E-state index contributed by atoms with van der Waals surface area (Å²) in [6, 6.07) is 32.7. The van der Waals surface area contributed by atoms with E-state index < -0.39 is 0 Å². The van der Waals surface area contributed by atoms with Gasteiger partial charge in [0, 0.05) is 104 Å². The van der Waals surface area contributed by atoms with Gasteiger partial charge in [-0.2, -0.15) is 0 Å². The molecule has 0 aliphatic carbocycles. The number of hydrogen-bond acceptors (Lipinski definition) is 4. The van der Waals surface area contributed by atoms with Crippen molar-refractivity contribution in [2.24, 2.45) is 0 Å². The van der Waals surface area contributed by atoms with Gasteiger partial charge < -0.3 is 32.6 Å². The van der Waals surface area contributed by atoms with Crippen LogP contribution in [0.3, 0.4) is 0 Å². The Hall–Kier alpha value is -6.08. The van der Waals surface area contributed by atoms with Crippen molar-refractivity contribution >= 4 is 65.4 Å². The van der Waals surface area contributed by atoms with Gasteiger partial charge >= 0.3 is 0 Å². The molecule has 0 atom stereocenters. The van der Waals surface area contributed by atoms with Crippen molar-refractivity contribution in [3.05, 3.63) is 96.1 Å². The topological polar surface area (TPSA) is 51.7 Å². The number of methoxy groups -OCH3 is 4. The molecule has 0 spiro atoms. The molecule has 0 aliphatic heterocycles. The molecule has 0 amide bonds. The van der Waals surface area contributed by atoms with Crippen molar-refractivity contribution in [1.29, 1.82) is 0 Å². The molecule has 0 N–H and O–H groups in total. The number of ether oxygens (including phenoxy) is 4. The van der Waals surface area contributed by atoms with Crippen LogP contribution < -0.4 is 18.9 Å². The monoisotopic (exact) mass is 1070 g/mol. The van der Waals surface area contributed by atoms with Gasteiger partial charge in [-0.1, -0.05) is 173 Å². The number of aryl methyl sites for hydroxylation is 5. The predicted molar refractivity (Wildman–Crippen MR) is 340 cm³/mol. The van der Waals surface area contributed by atoms with Crippen molar-refractivity contribution in [2.75, 3.05) is 28.4 Å². The van der Waals surface area contributed by atoms with Crippen molar-refractivity contribution < 1.29 is 18.9 Å². The van der Waals surface area contributed by atoms with Crippen LogP contribution in [0.4, 0.5) is 0 Å². The summed E-state index contributed by atoms with van der Waals surface area (Å²) in [7, 11) is 7.26. The molecule has 422 valence electrons. The third-order valence-electron chi connectivity index (χ3n) is 17.5. The Morgan fingerprint density at radius 3 is 1.03 bits per heavy atom. The second-order valence-electron chi connectivity index (χ2n) is 23.2. The van der Waals surface area contributed by atoms with Crippen LogP contribution in [0.5, 0.6) is 23.0 Å². The molecule has 9 rings (SSSR count). The first-order valence-corrected chi connectivity index (χ1v) is 31.2. The minimum Gasteiger partial charge on any atom is -0.496 e. The average Bonchev–Trinajstić information content (AvgIpc) is 4.13. The average molecular weight is 1070 g/mol. The highest BCUT2D eigenvalue weighted by atomic mass is 16.5. The number of rotatable bonds is 33. The lowest BCUT2D eigenvalue weighted by atomic mass is 9.96. The second-order valence-corrected chi connectivity index (χ2v) is 23.2. The quantitative estimate of drug-likeness (QED) is 0.0385. The maximum absolute atomic E-state index is 6.46. The van der Waals surface area contributed by atoms with E-state index in [-0.39, 0.29) is 0 Å². The standard InChI is InChI=1S/C72H95N3O4/c1-10-13-16-19-22-25-28-31-38-73-63-36-34-51(4)41-55(63)59-45-61(71(78-8)49-66(59)73)62-46-60-57-43-53(35-37-64(57)74(67(60)50-72(62)79-9)39-32-29-26-23-20-17-14-11-2)54-44-58-56-42-52(5)69(76-6)47-65(56)75(68(58)48-70(54)77-7)40-33-30-27-24-21-18-15-12-3/h34-37,41-50H,10-33,38-40H2,1-9H3. The maximum atomic E-state index is 6.46. The van der Waals surface area contributed by atoms with E-state index in [1.165, 1.54) is 206 Å². The lowest BCUT2D eigenvalue weighted by molar-refractivity contribution is 0.410. The highest BCUT2D eigenvalue weighted by Crippen LogP contribution is 2.47. The van der Waals surface area contributed by atoms with E-state index in [9.17, 15) is 0 Å². The number of fused-ring (bicyclic) bond motifs is 9. The largest absolute Gasteiger partial charge is 0.496 e. The summed E-state index contributed by atoms with van der Waals surface area (Å²) in [5.41, 5.74) is 14.1. The summed E-state index contributed by atoms with van der Waals surface area (Å²) in [4.78, 5) is 0. The minimum absolute atomic E-state index is 0.853. The van der Waals surface area contributed by atoms with Gasteiger partial charge in [-0.3, -0.25) is 0 Å². The molecule has 3 aromatic heterocycles. The van der Waals surface area contributed by atoms with Crippen molar-refractivity contribution in [1.82, 2.24) is 13.7 Å². The highest BCUT2D eigenvalue weighted by Gasteiger charge is 2.23. The van der Waals surface area contributed by atoms with Crippen molar-refractivity contribution in [2.45, 2.75) is 208 Å². The molecule has 0 aliphatic rings. The molecule has 7 heteroatoms. The summed E-state index contributed by atoms with van der Waals surface area (Å²) in [5, 5.41) is 7.50. The fourth-order valence-corrected chi connectivity index (χ4v) is 13.1. The number of nitrogens with zero attached hydrogens (tertiary/aromatic N) is 3. The first-order chi connectivity index (χ1) is 38.8. The zero-order valence-corrected chi connectivity index (χ0v) is 50.1. The fraction of sp³-hybridized carbons (Fsp3) is 0.500. The summed E-state index contributed by atoms with van der Waals surface area (Å²) < 4.78 is 32.9. The molecule has 0 unspecified atom stereocenters. The van der Waals surface area contributed by atoms with Crippen LogP contribution in [0.25, 0.3) is 87.7 Å². The van der Waals surface area contributed by atoms with Crippen LogP contribution >= 0.6 is 0 Å². The van der Waals surface area contributed by atoms with E-state index in [1.807, 2.05) is 21.3 Å². The third kappa shape index (κ3) is 12.8. The van der Waals surface area contributed by atoms with Gasteiger partial charge in [0.05, 0.1) is 50.5 Å². The zero-order chi connectivity index (χ0) is 55.3. The Morgan fingerprint density at radius 2 is 0.608 bits per heavy atom. The number of unbranched alkanes of at least 4 members (excludes halogenated alkanes) is 21. The molecule has 3 heterocycles. The molecule has 6 aromatic carbocycles. The van der Waals surface area contributed by atoms with Crippen LogP contribution in [0.2, 0.25) is 0 Å². The van der Waals surface area contributed by atoms with Crippen LogP contribution in [-0.2, 0) is 19.6 Å². The van der Waals surface area contributed by atoms with Crippen LogP contribution in [0.1, 0.15) is 186 Å². The zero-order valence-electron chi connectivity index (χ0n) is 50.1. The summed E-state index contributed by atoms with van der Waals surface area (Å²) >= 11 is 0. The molecule has 9 aromatic rings. The van der Waals surface area contributed by atoms with Gasteiger partial charge in [0.25, 0.3) is 0 Å². The summed E-state index contributed by atoms with van der Waals surface area (Å²) in [5.74, 6) is 3.53. The number of benzene rings is 6. The van der Waals surface area contributed by atoms with E-state index in [2.05, 4.69) is 133 Å². The SMILES string of the molecule is CCCCCCCCCCn1c2cc(OC)c(C)cc2c2cc(-c3ccc4c(c3)c3cc(-c5cc6c7cc(C)ccc7n(CCCCCCCCCC)c6cc5OC)c(OC)cc3n4CCCCCCCCCC)c(OC)cc21. The number of aromatic nitrogens is 3. The molecule has 79 heavy (non-hydrogen) atoms. The van der Waals surface area contributed by atoms with Gasteiger partial charge in [-0.05, 0) is 92.8 Å². The molecule has 0 saturated carbocycles. The van der Waals surface area contributed by atoms with Crippen LogP contribution in [-0.4, -0.2) is 42.1 Å². The molecule has 0 radical (unpaired) electrons. The van der Waals surface area contributed by atoms with E-state index in [0.29, 0.717) is 0 Å². The molecule has 0 bridgehead atoms. The maximum Gasteiger partial charge on any atom is 0.128 e. The summed E-state index contributed by atoms with van der Waals surface area (Å²) in [6.45, 7) is 14.2. The van der Waals surface area contributed by atoms with Crippen LogP contribution in [0, 0.1) is 13.8 Å². The lowest BCUT2D eigenvalue weighted by Crippen LogP contribution is -2.00. The highest BCUT2D eigenvalue weighted by molar-refractivity contribution is 6.15. The van der Waals surface area contributed by atoms with Crippen molar-refractivity contribution in [3.8, 4) is 45.3 Å². The fourth-order valence-electron chi connectivity index (χ4n) is 13.1. The van der Waals surface area contributed by atoms with Crippen molar-refractivity contribution in [3.63, 3.8) is 0 Å². The first-order valence-electron chi connectivity index (χ1n) is 31.2. The van der Waals surface area contributed by atoms with Gasteiger partial charge in [0.1, 0.15) is 23.0 Å². The molecular formula is C72H95N3O4. The van der Waals surface area contributed by atoms with Gasteiger partial charge in [-0.25, -0.2) is 0 Å². The Kier molecular flexibility index (Phi) is 20.3. The third-order valence-corrected chi connectivity index (χ3v) is 17.5. The molecule has 0 saturated heterocycles.